The molecule has 0 aromatic heterocycles. The van der Waals surface area contributed by atoms with E-state index >= 15 is 0 Å². The number of halogens is 1. The maximum atomic E-state index is 12.6. The largest absolute Gasteiger partial charge is 0.497 e. The molecule has 126 valence electrons. The fourth-order valence-electron chi connectivity index (χ4n) is 3.16. The summed E-state index contributed by atoms with van der Waals surface area (Å²) in [6.07, 6.45) is 3.89. The molecule has 4 nitrogen and oxygen atoms in total. The van der Waals surface area contributed by atoms with Gasteiger partial charge in [-0.2, -0.15) is 0 Å². The van der Waals surface area contributed by atoms with Gasteiger partial charge < -0.3 is 9.47 Å². The van der Waals surface area contributed by atoms with Gasteiger partial charge in [0.25, 0.3) is 0 Å². The predicted molar refractivity (Wildman–Crippen MR) is 93.2 cm³/mol. The van der Waals surface area contributed by atoms with Crippen LogP contribution in [0.2, 0.25) is 0 Å². The predicted octanol–water partition coefficient (Wildman–Crippen LogP) is 2.81. The molecule has 0 radical (unpaired) electrons. The third kappa shape index (κ3) is 4.56. The Bertz CT molecular complexity index is 550. The number of methoxy groups -OCH3 is 1. The van der Waals surface area contributed by atoms with Gasteiger partial charge >= 0.3 is 0 Å². The molecule has 1 aromatic rings. The maximum Gasteiger partial charge on any atom is 0.163 e. The van der Waals surface area contributed by atoms with Crippen LogP contribution in [0.5, 0.6) is 5.75 Å². The lowest BCUT2D eigenvalue weighted by Gasteiger charge is -2.28. The highest BCUT2D eigenvalue weighted by Gasteiger charge is 2.30. The molecule has 1 saturated heterocycles. The second-order valence-electron chi connectivity index (χ2n) is 5.96. The van der Waals surface area contributed by atoms with Crippen LogP contribution < -0.4 is 4.74 Å². The first-order valence-electron chi connectivity index (χ1n) is 7.95. The van der Waals surface area contributed by atoms with Gasteiger partial charge in [0, 0.05) is 25.6 Å². The van der Waals surface area contributed by atoms with E-state index in [2.05, 4.69) is 4.90 Å². The van der Waals surface area contributed by atoms with Crippen molar-refractivity contribution in [2.24, 2.45) is 5.92 Å². The van der Waals surface area contributed by atoms with Gasteiger partial charge in [-0.05, 0) is 42.2 Å². The summed E-state index contributed by atoms with van der Waals surface area (Å²) in [5.41, 5.74) is 2.03. The summed E-state index contributed by atoms with van der Waals surface area (Å²) < 4.78 is 10.5. The van der Waals surface area contributed by atoms with E-state index in [0.29, 0.717) is 5.78 Å². The lowest BCUT2D eigenvalue weighted by Crippen LogP contribution is -2.40. The van der Waals surface area contributed by atoms with Gasteiger partial charge in [-0.15, -0.1) is 12.4 Å². The molecule has 0 amide bonds. The topological polar surface area (TPSA) is 38.8 Å². The molecule has 1 aliphatic carbocycles. The van der Waals surface area contributed by atoms with E-state index in [9.17, 15) is 4.79 Å². The summed E-state index contributed by atoms with van der Waals surface area (Å²) >= 11 is 0. The number of nitrogens with zero attached hydrogens (tertiary/aromatic N) is 1. The van der Waals surface area contributed by atoms with Crippen molar-refractivity contribution >= 4 is 24.3 Å². The lowest BCUT2D eigenvalue weighted by molar-refractivity contribution is -0.118. The summed E-state index contributed by atoms with van der Waals surface area (Å²) in [6, 6.07) is 7.84. The smallest absolute Gasteiger partial charge is 0.163 e. The molecule has 3 rings (SSSR count). The highest BCUT2D eigenvalue weighted by molar-refractivity contribution is 6.03. The van der Waals surface area contributed by atoms with E-state index in [0.717, 1.165) is 62.6 Å². The van der Waals surface area contributed by atoms with Crippen LogP contribution in [0.25, 0.3) is 6.08 Å². The van der Waals surface area contributed by atoms with Crippen molar-refractivity contribution in [3.05, 3.63) is 35.4 Å². The number of hydrogen-bond donors (Lipinski definition) is 0. The molecule has 0 N–H and O–H groups in total. The Kier molecular flexibility index (Phi) is 6.63. The van der Waals surface area contributed by atoms with Crippen LogP contribution in [0, 0.1) is 5.92 Å². The van der Waals surface area contributed by atoms with E-state index in [-0.39, 0.29) is 18.3 Å². The Hall–Kier alpha value is -1.36. The standard InChI is InChI=1S/C18H23NO3.ClH/c1-21-17-6-2-14(3-7-17)12-15-4-5-16(18(15)20)13-19-8-10-22-11-9-19;/h2-3,6-7,12,16H,4-5,8-11,13H2,1H3;1H. The van der Waals surface area contributed by atoms with Gasteiger partial charge in [0.1, 0.15) is 5.75 Å². The fraction of sp³-hybridized carbons (Fsp3) is 0.500. The molecular formula is C18H24ClNO3. The Morgan fingerprint density at radius 3 is 2.61 bits per heavy atom. The van der Waals surface area contributed by atoms with Crippen molar-refractivity contribution < 1.29 is 14.3 Å². The Morgan fingerprint density at radius 1 is 1.26 bits per heavy atom. The minimum atomic E-state index is 0. The number of Topliss-reactive ketones (excluding diaryl/α,β-unsaturated/α-hetero) is 1. The Labute approximate surface area is 143 Å². The van der Waals surface area contributed by atoms with E-state index in [1.807, 2.05) is 30.3 Å². The number of morpholine rings is 1. The molecule has 1 saturated carbocycles. The van der Waals surface area contributed by atoms with Crippen molar-refractivity contribution in [1.82, 2.24) is 4.90 Å². The number of allylic oxidation sites excluding steroid dienone is 1. The fourth-order valence-corrected chi connectivity index (χ4v) is 3.16. The number of rotatable bonds is 4. The number of carbonyl (C=O) groups is 1. The minimum Gasteiger partial charge on any atom is -0.497 e. The average Bonchev–Trinajstić information content (AvgIpc) is 2.90. The Morgan fingerprint density at radius 2 is 1.96 bits per heavy atom. The van der Waals surface area contributed by atoms with Gasteiger partial charge in [0.05, 0.1) is 20.3 Å². The summed E-state index contributed by atoms with van der Waals surface area (Å²) in [6.45, 7) is 4.34. The SMILES string of the molecule is COc1ccc(C=C2CCC(CN3CCOCC3)C2=O)cc1.Cl. The number of hydrogen-bond acceptors (Lipinski definition) is 4. The van der Waals surface area contributed by atoms with Crippen molar-refractivity contribution in [1.29, 1.82) is 0 Å². The van der Waals surface area contributed by atoms with E-state index < -0.39 is 0 Å². The molecular weight excluding hydrogens is 314 g/mol. The molecule has 1 unspecified atom stereocenters. The van der Waals surface area contributed by atoms with Crippen LogP contribution in [0.1, 0.15) is 18.4 Å². The van der Waals surface area contributed by atoms with Crippen molar-refractivity contribution in [2.75, 3.05) is 40.0 Å². The second kappa shape index (κ2) is 8.48. The number of carbonyl (C=O) groups excluding carboxylic acids is 1. The second-order valence-corrected chi connectivity index (χ2v) is 5.96. The van der Waals surface area contributed by atoms with Crippen LogP contribution in [-0.2, 0) is 9.53 Å². The summed E-state index contributed by atoms with van der Waals surface area (Å²) in [4.78, 5) is 14.9. The molecule has 0 spiro atoms. The van der Waals surface area contributed by atoms with Gasteiger partial charge in [-0.25, -0.2) is 0 Å². The normalized spacial score (nSPS) is 23.8. The highest BCUT2D eigenvalue weighted by Crippen LogP contribution is 2.29. The van der Waals surface area contributed by atoms with Gasteiger partial charge in [0.2, 0.25) is 0 Å². The van der Waals surface area contributed by atoms with E-state index in [1.165, 1.54) is 0 Å². The van der Waals surface area contributed by atoms with Gasteiger partial charge in [0.15, 0.2) is 5.78 Å². The summed E-state index contributed by atoms with van der Waals surface area (Å²) in [5.74, 6) is 1.31. The molecule has 1 aliphatic heterocycles. The zero-order valence-corrected chi connectivity index (χ0v) is 14.3. The van der Waals surface area contributed by atoms with Gasteiger partial charge in [-0.3, -0.25) is 9.69 Å². The van der Waals surface area contributed by atoms with Crippen molar-refractivity contribution in [2.45, 2.75) is 12.8 Å². The van der Waals surface area contributed by atoms with Gasteiger partial charge in [-0.1, -0.05) is 12.1 Å². The lowest BCUT2D eigenvalue weighted by atomic mass is 10.0. The molecule has 2 aliphatic rings. The zero-order valence-electron chi connectivity index (χ0n) is 13.5. The highest BCUT2D eigenvalue weighted by atomic mass is 35.5. The summed E-state index contributed by atoms with van der Waals surface area (Å²) in [7, 11) is 1.66. The molecule has 5 heteroatoms. The quantitative estimate of drug-likeness (QED) is 0.792. The Balaban J connectivity index is 0.00000192. The van der Waals surface area contributed by atoms with Crippen LogP contribution in [0.15, 0.2) is 29.8 Å². The van der Waals surface area contributed by atoms with Crippen LogP contribution >= 0.6 is 12.4 Å². The average molecular weight is 338 g/mol. The van der Waals surface area contributed by atoms with E-state index in [4.69, 9.17) is 9.47 Å². The first-order valence-corrected chi connectivity index (χ1v) is 7.95. The van der Waals surface area contributed by atoms with Crippen LogP contribution in [0.4, 0.5) is 0 Å². The first kappa shape index (κ1) is 18.0. The molecule has 1 heterocycles. The summed E-state index contributed by atoms with van der Waals surface area (Å²) in [5, 5.41) is 0. The minimum absolute atomic E-state index is 0. The number of ether oxygens (including phenoxy) is 2. The molecule has 2 fully saturated rings. The molecule has 0 bridgehead atoms. The first-order chi connectivity index (χ1) is 10.8. The molecule has 1 atom stereocenters. The van der Waals surface area contributed by atoms with Crippen molar-refractivity contribution in [3.63, 3.8) is 0 Å². The monoisotopic (exact) mass is 337 g/mol. The van der Waals surface area contributed by atoms with E-state index in [1.54, 1.807) is 7.11 Å². The maximum absolute atomic E-state index is 12.6. The number of ketones is 1. The zero-order chi connectivity index (χ0) is 15.4. The van der Waals surface area contributed by atoms with Crippen molar-refractivity contribution in [3.8, 4) is 5.75 Å². The molecule has 1 aromatic carbocycles. The van der Waals surface area contributed by atoms with Crippen LogP contribution in [0.3, 0.4) is 0 Å². The van der Waals surface area contributed by atoms with Crippen LogP contribution in [-0.4, -0.2) is 50.6 Å². The third-order valence-electron chi connectivity index (χ3n) is 4.49. The third-order valence-corrected chi connectivity index (χ3v) is 4.49. The molecule has 23 heavy (non-hydrogen) atoms. The number of benzene rings is 1.